The second kappa shape index (κ2) is 11.0. The minimum Gasteiger partial charge on any atom is -0.369 e. The van der Waals surface area contributed by atoms with Crippen molar-refractivity contribution in [3.8, 4) is 0 Å². The van der Waals surface area contributed by atoms with Gasteiger partial charge >= 0.3 is 0 Å². The van der Waals surface area contributed by atoms with Gasteiger partial charge in [-0.1, -0.05) is 53.6 Å². The number of nitrogens with two attached hydrogens (primary N) is 1. The second-order valence-corrected chi connectivity index (χ2v) is 10.8. The number of halogens is 1. The van der Waals surface area contributed by atoms with E-state index in [4.69, 9.17) is 17.3 Å². The first-order chi connectivity index (χ1) is 16.5. The third-order valence-corrected chi connectivity index (χ3v) is 7.76. The van der Waals surface area contributed by atoms with Gasteiger partial charge in [0.1, 0.15) is 0 Å². The number of primary amides is 1. The number of hydrogen-bond donors (Lipinski definition) is 2. The maximum Gasteiger partial charge on any atom is 0.244 e. The molecule has 0 radical (unpaired) electrons. The summed E-state index contributed by atoms with van der Waals surface area (Å²) in [6.07, 6.45) is 0.0938. The van der Waals surface area contributed by atoms with E-state index >= 15 is 0 Å². The largest absolute Gasteiger partial charge is 0.369 e. The minimum atomic E-state index is -4.01. The molecule has 3 aromatic carbocycles. The summed E-state index contributed by atoms with van der Waals surface area (Å²) in [5.74, 6) is -0.945. The number of carbonyl (C=O) groups excluding carboxylic acids is 2. The summed E-state index contributed by atoms with van der Waals surface area (Å²) in [6, 6.07) is 17.1. The average Bonchev–Trinajstić information content (AvgIpc) is 2.75. The number of anilines is 1. The quantitative estimate of drug-likeness (QED) is 0.448. The second-order valence-electron chi connectivity index (χ2n) is 8.52. The smallest absolute Gasteiger partial charge is 0.244 e. The highest BCUT2D eigenvalue weighted by atomic mass is 35.5. The minimum absolute atomic E-state index is 0.00275. The number of aryl methyl sites for hydroxylation is 3. The molecule has 2 amide bonds. The van der Waals surface area contributed by atoms with Gasteiger partial charge in [-0.05, 0) is 67.3 Å². The van der Waals surface area contributed by atoms with Crippen LogP contribution in [0.1, 0.15) is 27.8 Å². The fourth-order valence-electron chi connectivity index (χ4n) is 3.99. The van der Waals surface area contributed by atoms with E-state index in [0.717, 1.165) is 9.87 Å². The van der Waals surface area contributed by atoms with Crippen molar-refractivity contribution in [3.63, 3.8) is 0 Å². The molecule has 3 rings (SSSR count). The first-order valence-electron chi connectivity index (χ1n) is 11.0. The Morgan fingerprint density at radius 3 is 2.00 bits per heavy atom. The average molecular weight is 514 g/mol. The van der Waals surface area contributed by atoms with Crippen LogP contribution in [0.4, 0.5) is 5.69 Å². The number of rotatable bonds is 9. The van der Waals surface area contributed by atoms with E-state index < -0.39 is 21.8 Å². The summed E-state index contributed by atoms with van der Waals surface area (Å²) in [5, 5.41) is 3.26. The molecule has 3 aromatic rings. The molecule has 0 heterocycles. The van der Waals surface area contributed by atoms with Gasteiger partial charge in [0.15, 0.2) is 0 Å². The van der Waals surface area contributed by atoms with Crippen LogP contribution >= 0.6 is 11.6 Å². The molecular formula is C26H28ClN3O4S. The van der Waals surface area contributed by atoms with E-state index in [9.17, 15) is 18.0 Å². The van der Waals surface area contributed by atoms with Crippen molar-refractivity contribution in [2.75, 3.05) is 11.9 Å². The molecule has 0 unspecified atom stereocenters. The summed E-state index contributed by atoms with van der Waals surface area (Å²) >= 11 is 5.98. The Kier molecular flexibility index (Phi) is 8.32. The molecule has 3 N–H and O–H groups in total. The highest BCUT2D eigenvalue weighted by Gasteiger charge is 2.30. The van der Waals surface area contributed by atoms with Gasteiger partial charge in [0.05, 0.1) is 17.9 Å². The molecule has 0 atom stereocenters. The topological polar surface area (TPSA) is 110 Å². The Hall–Kier alpha value is -3.20. The molecule has 0 fully saturated rings. The van der Waals surface area contributed by atoms with E-state index in [1.165, 1.54) is 0 Å². The highest BCUT2D eigenvalue weighted by Crippen LogP contribution is 2.27. The van der Waals surface area contributed by atoms with Gasteiger partial charge in [-0.15, -0.1) is 0 Å². The normalized spacial score (nSPS) is 11.5. The molecule has 0 aliphatic carbocycles. The summed E-state index contributed by atoms with van der Waals surface area (Å²) in [4.78, 5) is 24.2. The molecule has 35 heavy (non-hydrogen) atoms. The zero-order valence-electron chi connectivity index (χ0n) is 19.8. The van der Waals surface area contributed by atoms with Crippen molar-refractivity contribution in [2.24, 2.45) is 5.73 Å². The van der Waals surface area contributed by atoms with Crippen LogP contribution in [0, 0.1) is 20.8 Å². The fraction of sp³-hybridized carbons (Fsp3) is 0.231. The van der Waals surface area contributed by atoms with Crippen molar-refractivity contribution in [3.05, 3.63) is 93.5 Å². The molecule has 0 aromatic heterocycles. The number of benzene rings is 3. The number of hydrogen-bond acceptors (Lipinski definition) is 4. The number of amides is 2. The van der Waals surface area contributed by atoms with Crippen LogP contribution in [-0.2, 0) is 32.6 Å². The number of carbonyl (C=O) groups is 2. The van der Waals surface area contributed by atoms with Gasteiger partial charge in [-0.25, -0.2) is 8.42 Å². The van der Waals surface area contributed by atoms with Crippen molar-refractivity contribution < 1.29 is 18.0 Å². The Morgan fingerprint density at radius 2 is 1.46 bits per heavy atom. The van der Waals surface area contributed by atoms with E-state index in [1.54, 1.807) is 62.4 Å². The van der Waals surface area contributed by atoms with Gasteiger partial charge in [0, 0.05) is 17.3 Å². The van der Waals surface area contributed by atoms with Gasteiger partial charge in [-0.2, -0.15) is 4.31 Å². The van der Waals surface area contributed by atoms with Crippen LogP contribution < -0.4 is 11.1 Å². The van der Waals surface area contributed by atoms with Crippen molar-refractivity contribution in [2.45, 2.75) is 38.6 Å². The van der Waals surface area contributed by atoms with E-state index in [-0.39, 0.29) is 24.4 Å². The van der Waals surface area contributed by atoms with Crippen LogP contribution in [0.3, 0.4) is 0 Å². The number of sulfonamides is 1. The first kappa shape index (κ1) is 26.4. The zero-order chi connectivity index (χ0) is 25.8. The molecule has 7 nitrogen and oxygen atoms in total. The standard InChI is InChI=1S/C26H28ClN3O4S/c1-17-12-18(2)26(19(3)13-17)35(33,34)30(15-21-4-8-22(27)9-5-21)16-25(32)29-23-10-6-20(7-11-23)14-24(28)31/h4-13H,14-16H2,1-3H3,(H2,28,31)(H,29,32). The summed E-state index contributed by atoms with van der Waals surface area (Å²) < 4.78 is 28.7. The summed E-state index contributed by atoms with van der Waals surface area (Å²) in [5.41, 5.74) is 9.30. The summed E-state index contributed by atoms with van der Waals surface area (Å²) in [7, 11) is -4.01. The Labute approximate surface area is 211 Å². The van der Waals surface area contributed by atoms with Crippen LogP contribution in [0.15, 0.2) is 65.6 Å². The predicted octanol–water partition coefficient (Wildman–Crippen LogP) is 4.12. The third-order valence-electron chi connectivity index (χ3n) is 5.41. The lowest BCUT2D eigenvalue weighted by atomic mass is 10.1. The highest BCUT2D eigenvalue weighted by molar-refractivity contribution is 7.89. The van der Waals surface area contributed by atoms with Crippen LogP contribution in [0.2, 0.25) is 5.02 Å². The van der Waals surface area contributed by atoms with Gasteiger partial charge in [0.2, 0.25) is 21.8 Å². The maximum atomic E-state index is 13.8. The Balaban J connectivity index is 1.89. The van der Waals surface area contributed by atoms with Crippen molar-refractivity contribution in [1.82, 2.24) is 4.31 Å². The van der Waals surface area contributed by atoms with Crippen LogP contribution in [0.5, 0.6) is 0 Å². The Morgan fingerprint density at radius 1 is 0.914 bits per heavy atom. The first-order valence-corrected chi connectivity index (χ1v) is 12.8. The number of nitrogens with one attached hydrogen (secondary N) is 1. The SMILES string of the molecule is Cc1cc(C)c(S(=O)(=O)N(CC(=O)Nc2ccc(CC(N)=O)cc2)Cc2ccc(Cl)cc2)c(C)c1. The lowest BCUT2D eigenvalue weighted by Crippen LogP contribution is -2.38. The van der Waals surface area contributed by atoms with Crippen LogP contribution in [-0.4, -0.2) is 31.1 Å². The van der Waals surface area contributed by atoms with Crippen molar-refractivity contribution in [1.29, 1.82) is 0 Å². The zero-order valence-corrected chi connectivity index (χ0v) is 21.4. The van der Waals surface area contributed by atoms with E-state index in [2.05, 4.69) is 5.32 Å². The molecule has 0 saturated carbocycles. The summed E-state index contributed by atoms with van der Waals surface area (Å²) in [6.45, 7) is 5.02. The van der Waals surface area contributed by atoms with Crippen molar-refractivity contribution >= 4 is 39.1 Å². The molecule has 0 aliphatic heterocycles. The van der Waals surface area contributed by atoms with Gasteiger partial charge in [0.25, 0.3) is 0 Å². The van der Waals surface area contributed by atoms with Gasteiger partial charge < -0.3 is 11.1 Å². The van der Waals surface area contributed by atoms with Crippen LogP contribution in [0.25, 0.3) is 0 Å². The Bertz CT molecular complexity index is 1320. The predicted molar refractivity (Wildman–Crippen MR) is 138 cm³/mol. The monoisotopic (exact) mass is 513 g/mol. The third kappa shape index (κ3) is 6.91. The molecular weight excluding hydrogens is 486 g/mol. The molecule has 0 aliphatic rings. The number of nitrogens with zero attached hydrogens (tertiary/aromatic N) is 1. The fourth-order valence-corrected chi connectivity index (χ4v) is 5.91. The lowest BCUT2D eigenvalue weighted by molar-refractivity contribution is -0.117. The lowest BCUT2D eigenvalue weighted by Gasteiger charge is -2.24. The maximum absolute atomic E-state index is 13.8. The molecule has 184 valence electrons. The molecule has 9 heteroatoms. The van der Waals surface area contributed by atoms with Gasteiger partial charge in [-0.3, -0.25) is 9.59 Å². The molecule has 0 bridgehead atoms. The van der Waals surface area contributed by atoms with E-state index in [1.807, 2.05) is 19.1 Å². The van der Waals surface area contributed by atoms with E-state index in [0.29, 0.717) is 33.0 Å². The molecule has 0 saturated heterocycles. The molecule has 0 spiro atoms.